The fraction of sp³-hybridized carbons (Fsp3) is 0.939. The van der Waals surface area contributed by atoms with Crippen LogP contribution >= 0.6 is 0 Å². The van der Waals surface area contributed by atoms with Crippen molar-refractivity contribution in [1.29, 1.82) is 0 Å². The maximum atomic E-state index is 3.82. The third kappa shape index (κ3) is 29.7. The van der Waals surface area contributed by atoms with Crippen molar-refractivity contribution in [3.8, 4) is 0 Å². The van der Waals surface area contributed by atoms with Gasteiger partial charge in [-0.3, -0.25) is 0 Å². The molecule has 0 aromatic heterocycles. The van der Waals surface area contributed by atoms with Crippen molar-refractivity contribution in [2.24, 2.45) is 5.92 Å². The Morgan fingerprint density at radius 2 is 0.697 bits per heavy atom. The number of allylic oxidation sites excluding steroid dienone is 1. The van der Waals surface area contributed by atoms with Crippen molar-refractivity contribution in [1.82, 2.24) is 0 Å². The molecule has 0 heteroatoms. The molecule has 0 amide bonds. The van der Waals surface area contributed by atoms with Gasteiger partial charge >= 0.3 is 0 Å². The van der Waals surface area contributed by atoms with Gasteiger partial charge in [0.2, 0.25) is 0 Å². The molecule has 0 aliphatic carbocycles. The lowest BCUT2D eigenvalue weighted by atomic mass is 9.96. The van der Waals surface area contributed by atoms with Crippen molar-refractivity contribution in [3.05, 3.63) is 12.7 Å². The first-order valence-electron chi connectivity index (χ1n) is 15.9. The minimum absolute atomic E-state index is 0.921. The zero-order valence-electron chi connectivity index (χ0n) is 23.7. The minimum Gasteiger partial charge on any atom is -0.103 e. The maximum Gasteiger partial charge on any atom is -0.0353 e. The van der Waals surface area contributed by atoms with E-state index in [2.05, 4.69) is 26.5 Å². The quantitative estimate of drug-likeness (QED) is 0.0765. The zero-order valence-corrected chi connectivity index (χ0v) is 23.7. The van der Waals surface area contributed by atoms with E-state index in [1.54, 1.807) is 0 Å². The van der Waals surface area contributed by atoms with Crippen LogP contribution in [-0.4, -0.2) is 0 Å². The molecule has 0 fully saturated rings. The van der Waals surface area contributed by atoms with Crippen LogP contribution in [0.4, 0.5) is 0 Å². The van der Waals surface area contributed by atoms with Gasteiger partial charge in [-0.1, -0.05) is 187 Å². The summed E-state index contributed by atoms with van der Waals surface area (Å²) in [5.74, 6) is 0.921. The number of rotatable bonds is 29. The summed E-state index contributed by atoms with van der Waals surface area (Å²) in [5.41, 5.74) is 0. The maximum absolute atomic E-state index is 3.82. The molecular weight excluding hydrogens is 396 g/mol. The first kappa shape index (κ1) is 32.7. The molecule has 0 radical (unpaired) electrons. The van der Waals surface area contributed by atoms with E-state index in [0.717, 1.165) is 5.92 Å². The Balaban J connectivity index is 3.06. The second-order valence-electron chi connectivity index (χ2n) is 11.2. The van der Waals surface area contributed by atoms with Crippen LogP contribution in [0.25, 0.3) is 0 Å². The van der Waals surface area contributed by atoms with Gasteiger partial charge in [0, 0.05) is 0 Å². The summed E-state index contributed by atoms with van der Waals surface area (Å²) in [4.78, 5) is 0. The lowest BCUT2D eigenvalue weighted by Gasteiger charge is -2.10. The van der Waals surface area contributed by atoms with Crippen molar-refractivity contribution in [3.63, 3.8) is 0 Å². The third-order valence-corrected chi connectivity index (χ3v) is 7.66. The van der Waals surface area contributed by atoms with Gasteiger partial charge in [0.1, 0.15) is 0 Å². The summed E-state index contributed by atoms with van der Waals surface area (Å²) in [6, 6.07) is 0. The average Bonchev–Trinajstić information content (AvgIpc) is 2.82. The SMILES string of the molecule is C=CCCCC(C)CCCCCCCCCCCCCCCCCCCCCCCCCC. The highest BCUT2D eigenvalue weighted by atomic mass is 14.1. The Labute approximate surface area is 212 Å². The van der Waals surface area contributed by atoms with Gasteiger partial charge < -0.3 is 0 Å². The molecule has 0 spiro atoms. The Morgan fingerprint density at radius 1 is 0.424 bits per heavy atom. The normalized spacial score (nSPS) is 12.3. The number of hydrogen-bond acceptors (Lipinski definition) is 0. The molecular formula is C33H66. The fourth-order valence-electron chi connectivity index (χ4n) is 5.21. The molecule has 0 nitrogen and oxygen atoms in total. The van der Waals surface area contributed by atoms with Crippen LogP contribution in [0.2, 0.25) is 0 Å². The Morgan fingerprint density at radius 3 is 1.00 bits per heavy atom. The monoisotopic (exact) mass is 463 g/mol. The molecule has 198 valence electrons. The topological polar surface area (TPSA) is 0 Å². The van der Waals surface area contributed by atoms with Crippen molar-refractivity contribution >= 4 is 0 Å². The fourth-order valence-corrected chi connectivity index (χ4v) is 5.21. The molecule has 0 saturated heterocycles. The van der Waals surface area contributed by atoms with Gasteiger partial charge in [-0.05, 0) is 18.8 Å². The van der Waals surface area contributed by atoms with Gasteiger partial charge in [0.05, 0.1) is 0 Å². The molecule has 0 bridgehead atoms. The number of unbranched alkanes of at least 4 members (excludes halogenated alkanes) is 24. The van der Waals surface area contributed by atoms with Gasteiger partial charge in [0.15, 0.2) is 0 Å². The summed E-state index contributed by atoms with van der Waals surface area (Å²) < 4.78 is 0. The smallest absolute Gasteiger partial charge is 0.0353 e. The van der Waals surface area contributed by atoms with E-state index in [0.29, 0.717) is 0 Å². The van der Waals surface area contributed by atoms with E-state index in [1.807, 2.05) is 0 Å². The largest absolute Gasteiger partial charge is 0.103 e. The van der Waals surface area contributed by atoms with Crippen molar-refractivity contribution in [2.75, 3.05) is 0 Å². The molecule has 1 atom stereocenters. The summed E-state index contributed by atoms with van der Waals surface area (Å²) in [6.07, 6.45) is 42.9. The minimum atomic E-state index is 0.921. The van der Waals surface area contributed by atoms with Crippen LogP contribution in [0.15, 0.2) is 12.7 Å². The lowest BCUT2D eigenvalue weighted by molar-refractivity contribution is 0.444. The molecule has 0 aliphatic heterocycles. The molecule has 1 unspecified atom stereocenters. The van der Waals surface area contributed by atoms with Gasteiger partial charge in [-0.2, -0.15) is 0 Å². The van der Waals surface area contributed by atoms with E-state index in [9.17, 15) is 0 Å². The van der Waals surface area contributed by atoms with Crippen LogP contribution in [0.1, 0.15) is 194 Å². The predicted octanol–water partition coefficient (Wildman–Crippen LogP) is 12.8. The van der Waals surface area contributed by atoms with E-state index in [1.165, 1.54) is 180 Å². The summed E-state index contributed by atoms with van der Waals surface area (Å²) in [5, 5.41) is 0. The first-order chi connectivity index (χ1) is 16.3. The highest BCUT2D eigenvalue weighted by Gasteiger charge is 2.01. The van der Waals surface area contributed by atoms with Gasteiger partial charge in [0.25, 0.3) is 0 Å². The van der Waals surface area contributed by atoms with E-state index in [-0.39, 0.29) is 0 Å². The van der Waals surface area contributed by atoms with E-state index >= 15 is 0 Å². The molecule has 0 aliphatic rings. The molecule has 0 aromatic rings. The van der Waals surface area contributed by atoms with E-state index < -0.39 is 0 Å². The summed E-state index contributed by atoms with van der Waals surface area (Å²) >= 11 is 0. The Hall–Kier alpha value is -0.260. The molecule has 0 rings (SSSR count). The van der Waals surface area contributed by atoms with Crippen LogP contribution in [-0.2, 0) is 0 Å². The van der Waals surface area contributed by atoms with Crippen molar-refractivity contribution < 1.29 is 0 Å². The van der Waals surface area contributed by atoms with Gasteiger partial charge in [-0.15, -0.1) is 6.58 Å². The molecule has 0 N–H and O–H groups in total. The molecule has 0 aromatic carbocycles. The molecule has 0 saturated carbocycles. The Bertz CT molecular complexity index is 344. The Kier molecular flexibility index (Phi) is 29.5. The second kappa shape index (κ2) is 29.8. The predicted molar refractivity (Wildman–Crippen MR) is 154 cm³/mol. The highest BCUT2D eigenvalue weighted by molar-refractivity contribution is 4.66. The van der Waals surface area contributed by atoms with Crippen LogP contribution in [0.3, 0.4) is 0 Å². The highest BCUT2D eigenvalue weighted by Crippen LogP contribution is 2.18. The lowest BCUT2D eigenvalue weighted by Crippen LogP contribution is -1.94. The average molecular weight is 463 g/mol. The van der Waals surface area contributed by atoms with Gasteiger partial charge in [-0.25, -0.2) is 0 Å². The second-order valence-corrected chi connectivity index (χ2v) is 11.2. The summed E-state index contributed by atoms with van der Waals surface area (Å²) in [7, 11) is 0. The zero-order chi connectivity index (χ0) is 24.1. The molecule has 33 heavy (non-hydrogen) atoms. The summed E-state index contributed by atoms with van der Waals surface area (Å²) in [6.45, 7) is 8.56. The van der Waals surface area contributed by atoms with E-state index in [4.69, 9.17) is 0 Å². The first-order valence-corrected chi connectivity index (χ1v) is 15.9. The third-order valence-electron chi connectivity index (χ3n) is 7.66. The van der Waals surface area contributed by atoms with Crippen LogP contribution in [0.5, 0.6) is 0 Å². The van der Waals surface area contributed by atoms with Crippen molar-refractivity contribution in [2.45, 2.75) is 194 Å². The molecule has 0 heterocycles. The van der Waals surface area contributed by atoms with Crippen LogP contribution in [0, 0.1) is 5.92 Å². The number of hydrogen-bond donors (Lipinski definition) is 0. The van der Waals surface area contributed by atoms with Crippen LogP contribution < -0.4 is 0 Å². The standard InChI is InChI=1S/C33H66/c1-4-6-8-9-10-11-12-13-14-15-16-17-18-19-20-21-22-23-24-25-26-27-28-30-32-33(3)31-29-7-5-2/h5,33H,2,4,6-32H2,1,3H3.